The molecule has 6 heteroatoms. The molecule has 0 N–H and O–H groups in total. The molecule has 3 rings (SSSR count). The van der Waals surface area contributed by atoms with E-state index in [1.165, 1.54) is 64.2 Å². The van der Waals surface area contributed by atoms with E-state index in [1.807, 2.05) is 0 Å². The lowest BCUT2D eigenvalue weighted by Crippen LogP contribution is -2.46. The van der Waals surface area contributed by atoms with Crippen molar-refractivity contribution in [1.29, 1.82) is 0 Å². The highest BCUT2D eigenvalue weighted by Crippen LogP contribution is 2.44. The lowest BCUT2D eigenvalue weighted by molar-refractivity contribution is -0.224. The number of alkyl halides is 5. The zero-order valence-corrected chi connectivity index (χ0v) is 19.0. The minimum Gasteiger partial charge on any atom is -0.378 e. The van der Waals surface area contributed by atoms with Crippen LogP contribution in [0.5, 0.6) is 0 Å². The number of unbranched alkanes of at least 4 members (excludes halogenated alkanes) is 2. The summed E-state index contributed by atoms with van der Waals surface area (Å²) in [6.07, 6.45) is 4.76. The molecule has 3 saturated carbocycles. The molecule has 0 aromatic rings. The van der Waals surface area contributed by atoms with Crippen molar-refractivity contribution < 1.29 is 26.7 Å². The minimum absolute atomic E-state index is 0.346. The van der Waals surface area contributed by atoms with Gasteiger partial charge >= 0.3 is 6.18 Å². The van der Waals surface area contributed by atoms with Crippen molar-refractivity contribution in [3.05, 3.63) is 0 Å². The van der Waals surface area contributed by atoms with E-state index in [4.69, 9.17) is 4.74 Å². The lowest BCUT2D eigenvalue weighted by atomic mass is 9.69. The number of halogens is 5. The largest absolute Gasteiger partial charge is 0.397 e. The van der Waals surface area contributed by atoms with E-state index in [0.29, 0.717) is 12.5 Å². The Hall–Kier alpha value is -0.390. The van der Waals surface area contributed by atoms with Crippen LogP contribution in [-0.4, -0.2) is 31.2 Å². The van der Waals surface area contributed by atoms with Crippen LogP contribution in [0.4, 0.5) is 22.0 Å². The molecule has 3 fully saturated rings. The summed E-state index contributed by atoms with van der Waals surface area (Å²) < 4.78 is 72.0. The molecule has 2 atom stereocenters. The van der Waals surface area contributed by atoms with Crippen molar-refractivity contribution in [3.63, 3.8) is 0 Å². The number of hydrogen-bond donors (Lipinski definition) is 0. The van der Waals surface area contributed by atoms with E-state index in [9.17, 15) is 22.0 Å². The molecule has 3 aliphatic rings. The highest BCUT2D eigenvalue weighted by Gasteiger charge is 2.54. The van der Waals surface area contributed by atoms with Gasteiger partial charge in [-0.25, -0.2) is 8.78 Å². The molecule has 0 aliphatic heterocycles. The van der Waals surface area contributed by atoms with Crippen molar-refractivity contribution >= 4 is 0 Å². The summed E-state index contributed by atoms with van der Waals surface area (Å²) in [6, 6.07) is 0. The molecule has 0 aromatic carbocycles. The van der Waals surface area contributed by atoms with Gasteiger partial charge in [0.25, 0.3) is 0 Å². The van der Waals surface area contributed by atoms with Gasteiger partial charge in [-0.15, -0.1) is 0 Å². The van der Waals surface area contributed by atoms with Gasteiger partial charge in [-0.3, -0.25) is 0 Å². The van der Waals surface area contributed by atoms with Crippen molar-refractivity contribution in [1.82, 2.24) is 0 Å². The monoisotopic (exact) mass is 452 g/mol. The SMILES string of the molecule is CCCCCC1CCC(C2CCC(COC3CC(F)C(C(F)(F)F)C(F)C3)CC2)CC1. The molecule has 0 heterocycles. The second-order valence-electron chi connectivity index (χ2n) is 10.6. The van der Waals surface area contributed by atoms with Crippen LogP contribution >= 0.6 is 0 Å². The quantitative estimate of drug-likeness (QED) is 0.266. The van der Waals surface area contributed by atoms with E-state index in [2.05, 4.69) is 6.92 Å². The standard InChI is InChI=1S/C25H41F5O/c1-2-3-4-5-17-6-10-19(11-7-17)20-12-8-18(9-13-20)16-31-21-14-22(26)24(23(27)15-21)25(28,29)30/h17-24H,2-16H2,1H3. The fraction of sp³-hybridized carbons (Fsp3) is 1.00. The Labute approximate surface area is 184 Å². The maximum atomic E-state index is 13.9. The van der Waals surface area contributed by atoms with Gasteiger partial charge < -0.3 is 4.74 Å². The first-order chi connectivity index (χ1) is 14.8. The maximum Gasteiger partial charge on any atom is 0.397 e. The molecular weight excluding hydrogens is 411 g/mol. The molecular formula is C25H41F5O. The fourth-order valence-electron chi connectivity index (χ4n) is 6.39. The zero-order valence-electron chi connectivity index (χ0n) is 19.0. The first kappa shape index (κ1) is 25.2. The van der Waals surface area contributed by atoms with Gasteiger partial charge in [-0.05, 0) is 62.2 Å². The molecule has 182 valence electrons. The van der Waals surface area contributed by atoms with Crippen LogP contribution in [-0.2, 0) is 4.74 Å². The van der Waals surface area contributed by atoms with Crippen molar-refractivity contribution in [2.45, 2.75) is 121 Å². The van der Waals surface area contributed by atoms with Crippen LogP contribution in [0.2, 0.25) is 0 Å². The fourth-order valence-corrected chi connectivity index (χ4v) is 6.39. The Bertz CT molecular complexity index is 497. The van der Waals surface area contributed by atoms with E-state index < -0.39 is 30.5 Å². The third kappa shape index (κ3) is 7.30. The molecule has 3 aliphatic carbocycles. The molecule has 0 bridgehead atoms. The molecule has 0 saturated heterocycles. The van der Waals surface area contributed by atoms with Crippen LogP contribution in [0.1, 0.15) is 96.8 Å². The Kier molecular flexibility index (Phi) is 9.48. The van der Waals surface area contributed by atoms with Gasteiger partial charge in [0.15, 0.2) is 0 Å². The van der Waals surface area contributed by atoms with Crippen molar-refractivity contribution in [3.8, 4) is 0 Å². The predicted octanol–water partition coefficient (Wildman–Crippen LogP) is 8.21. The second kappa shape index (κ2) is 11.7. The first-order valence-corrected chi connectivity index (χ1v) is 12.7. The molecule has 31 heavy (non-hydrogen) atoms. The van der Waals surface area contributed by atoms with E-state index >= 15 is 0 Å². The maximum absolute atomic E-state index is 13.9. The molecule has 0 spiro atoms. The van der Waals surface area contributed by atoms with Gasteiger partial charge in [0.1, 0.15) is 18.3 Å². The summed E-state index contributed by atoms with van der Waals surface area (Å²) in [5.74, 6) is 0.447. The van der Waals surface area contributed by atoms with Crippen LogP contribution in [0.3, 0.4) is 0 Å². The average molecular weight is 453 g/mol. The van der Waals surface area contributed by atoms with Crippen LogP contribution in [0.25, 0.3) is 0 Å². The normalized spacial score (nSPS) is 40.1. The topological polar surface area (TPSA) is 9.23 Å². The minimum atomic E-state index is -4.82. The van der Waals surface area contributed by atoms with Gasteiger partial charge in [0.2, 0.25) is 0 Å². The summed E-state index contributed by atoms with van der Waals surface area (Å²) >= 11 is 0. The number of rotatable bonds is 8. The smallest absolute Gasteiger partial charge is 0.378 e. The summed E-state index contributed by atoms with van der Waals surface area (Å²) in [5.41, 5.74) is 0. The Balaban J connectivity index is 1.32. The highest BCUT2D eigenvalue weighted by atomic mass is 19.4. The molecule has 2 unspecified atom stereocenters. The van der Waals surface area contributed by atoms with Gasteiger partial charge in [-0.1, -0.05) is 45.4 Å². The molecule has 0 aromatic heterocycles. The number of hydrogen-bond acceptors (Lipinski definition) is 1. The average Bonchev–Trinajstić information content (AvgIpc) is 2.72. The van der Waals surface area contributed by atoms with Gasteiger partial charge in [0, 0.05) is 19.4 Å². The third-order valence-electron chi connectivity index (χ3n) is 8.37. The number of ether oxygens (including phenoxy) is 1. The summed E-state index contributed by atoms with van der Waals surface area (Å²) in [7, 11) is 0. The predicted molar refractivity (Wildman–Crippen MR) is 113 cm³/mol. The lowest BCUT2D eigenvalue weighted by Gasteiger charge is -2.39. The third-order valence-corrected chi connectivity index (χ3v) is 8.37. The van der Waals surface area contributed by atoms with Crippen LogP contribution in [0, 0.1) is 29.6 Å². The summed E-state index contributed by atoms with van der Waals surface area (Å²) in [5, 5.41) is 0. The van der Waals surface area contributed by atoms with Crippen molar-refractivity contribution in [2.75, 3.05) is 6.61 Å². The summed E-state index contributed by atoms with van der Waals surface area (Å²) in [4.78, 5) is 0. The zero-order chi connectivity index (χ0) is 22.4. The second-order valence-corrected chi connectivity index (χ2v) is 10.6. The summed E-state index contributed by atoms with van der Waals surface area (Å²) in [6.45, 7) is 2.68. The van der Waals surface area contributed by atoms with Gasteiger partial charge in [0.05, 0.1) is 6.10 Å². The van der Waals surface area contributed by atoms with Crippen molar-refractivity contribution in [2.24, 2.45) is 29.6 Å². The van der Waals surface area contributed by atoms with Gasteiger partial charge in [-0.2, -0.15) is 13.2 Å². The van der Waals surface area contributed by atoms with E-state index in [1.54, 1.807) is 0 Å². The molecule has 0 amide bonds. The molecule has 0 radical (unpaired) electrons. The Morgan fingerprint density at radius 2 is 1.26 bits per heavy atom. The first-order valence-electron chi connectivity index (χ1n) is 12.7. The van der Waals surface area contributed by atoms with E-state index in [-0.39, 0.29) is 12.8 Å². The highest BCUT2D eigenvalue weighted by molar-refractivity contribution is 4.91. The van der Waals surface area contributed by atoms with E-state index in [0.717, 1.165) is 30.6 Å². The van der Waals surface area contributed by atoms with Crippen LogP contribution < -0.4 is 0 Å². The Morgan fingerprint density at radius 3 is 1.74 bits per heavy atom. The van der Waals surface area contributed by atoms with Crippen LogP contribution in [0.15, 0.2) is 0 Å². The molecule has 1 nitrogen and oxygen atoms in total. The Morgan fingerprint density at radius 1 is 0.742 bits per heavy atom.